The maximum atomic E-state index is 11.8. The molecular weight excluding hydrogens is 440 g/mol. The smallest absolute Gasteiger partial charge is 0.337 e. The van der Waals surface area contributed by atoms with E-state index < -0.39 is 6.23 Å². The molecule has 0 bridgehead atoms. The highest BCUT2D eigenvalue weighted by Gasteiger charge is 2.41. The molecule has 0 fully saturated rings. The Hall–Kier alpha value is -3.51. The third-order valence-corrected chi connectivity index (χ3v) is 6.10. The number of carbonyl (C=O) groups is 1. The van der Waals surface area contributed by atoms with Crippen LogP contribution < -0.4 is 9.47 Å². The quantitative estimate of drug-likeness (QED) is 0.450. The molecule has 33 heavy (non-hydrogen) atoms. The molecule has 0 N–H and O–H groups in total. The van der Waals surface area contributed by atoms with Crippen LogP contribution in [0.25, 0.3) is 0 Å². The van der Waals surface area contributed by atoms with Gasteiger partial charge in [0.1, 0.15) is 11.5 Å². The Morgan fingerprint density at radius 2 is 1.88 bits per heavy atom. The predicted octanol–water partition coefficient (Wildman–Crippen LogP) is 5.77. The molecule has 0 spiro atoms. The molecule has 0 saturated carbocycles. The van der Waals surface area contributed by atoms with Crippen molar-refractivity contribution in [3.63, 3.8) is 0 Å². The van der Waals surface area contributed by atoms with E-state index in [0.717, 1.165) is 40.3 Å². The van der Waals surface area contributed by atoms with Crippen LogP contribution in [0.1, 0.15) is 52.7 Å². The molecule has 5 rings (SSSR count). The number of methoxy groups -OCH3 is 1. The summed E-state index contributed by atoms with van der Waals surface area (Å²) in [7, 11) is 1.37. The van der Waals surface area contributed by atoms with Gasteiger partial charge in [0.25, 0.3) is 0 Å². The van der Waals surface area contributed by atoms with Gasteiger partial charge in [0.05, 0.1) is 31.0 Å². The molecule has 2 heterocycles. The molecule has 0 saturated heterocycles. The monoisotopic (exact) mass is 462 g/mol. The minimum absolute atomic E-state index is 0.0145. The lowest BCUT2D eigenvalue weighted by molar-refractivity contribution is -0.0190. The van der Waals surface area contributed by atoms with Crippen LogP contribution >= 0.6 is 11.6 Å². The van der Waals surface area contributed by atoms with E-state index in [1.54, 1.807) is 12.1 Å². The van der Waals surface area contributed by atoms with Gasteiger partial charge in [-0.3, -0.25) is 0 Å². The Morgan fingerprint density at radius 1 is 1.12 bits per heavy atom. The van der Waals surface area contributed by atoms with Crippen LogP contribution in [0, 0.1) is 0 Å². The summed E-state index contributed by atoms with van der Waals surface area (Å²) < 4.78 is 16.8. The number of halogens is 1. The van der Waals surface area contributed by atoms with Crippen LogP contribution in [0.5, 0.6) is 11.5 Å². The van der Waals surface area contributed by atoms with Crippen LogP contribution in [0.4, 0.5) is 0 Å². The Kier molecular flexibility index (Phi) is 5.68. The highest BCUT2D eigenvalue weighted by Crippen LogP contribution is 2.48. The maximum absolute atomic E-state index is 11.8. The zero-order valence-electron chi connectivity index (χ0n) is 18.3. The van der Waals surface area contributed by atoms with Gasteiger partial charge in [-0.15, -0.1) is 0 Å². The zero-order chi connectivity index (χ0) is 22.9. The standard InChI is InChI=1S/C26H23ClN2O4/c1-3-32-20-11-8-16(9-12-20)22-15-23-21-14-19(27)10-13-24(21)33-25(29(23)28-22)17-4-6-18(7-5-17)26(30)31-2/h4-14,23,25H,3,15H2,1-2H3. The number of hydrazone groups is 1. The zero-order valence-corrected chi connectivity index (χ0v) is 19.1. The van der Waals surface area contributed by atoms with Gasteiger partial charge in [-0.2, -0.15) is 5.10 Å². The van der Waals surface area contributed by atoms with Crippen molar-refractivity contribution in [1.82, 2.24) is 5.01 Å². The fourth-order valence-electron chi connectivity index (χ4n) is 4.26. The Labute approximate surface area is 197 Å². The largest absolute Gasteiger partial charge is 0.494 e. The Morgan fingerprint density at radius 3 is 2.58 bits per heavy atom. The first-order chi connectivity index (χ1) is 16.1. The maximum Gasteiger partial charge on any atom is 0.337 e. The first-order valence-electron chi connectivity index (χ1n) is 10.8. The first-order valence-corrected chi connectivity index (χ1v) is 11.2. The minimum atomic E-state index is -0.435. The summed E-state index contributed by atoms with van der Waals surface area (Å²) in [5.41, 5.74) is 4.40. The van der Waals surface area contributed by atoms with Crippen LogP contribution in [-0.4, -0.2) is 30.4 Å². The van der Waals surface area contributed by atoms with Gasteiger partial charge < -0.3 is 14.2 Å². The molecule has 6 nitrogen and oxygen atoms in total. The van der Waals surface area contributed by atoms with Crippen LogP contribution in [0.15, 0.2) is 71.8 Å². The van der Waals surface area contributed by atoms with E-state index in [-0.39, 0.29) is 12.0 Å². The van der Waals surface area contributed by atoms with Gasteiger partial charge in [0.2, 0.25) is 6.23 Å². The van der Waals surface area contributed by atoms with E-state index in [1.807, 2.05) is 66.5 Å². The van der Waals surface area contributed by atoms with Crippen LogP contribution in [0.2, 0.25) is 5.02 Å². The fourth-order valence-corrected chi connectivity index (χ4v) is 4.45. The van der Waals surface area contributed by atoms with Gasteiger partial charge >= 0.3 is 5.97 Å². The molecule has 2 atom stereocenters. The van der Waals surface area contributed by atoms with Gasteiger partial charge in [-0.25, -0.2) is 9.80 Å². The highest BCUT2D eigenvalue weighted by atomic mass is 35.5. The van der Waals surface area contributed by atoms with E-state index in [0.29, 0.717) is 17.2 Å². The SMILES string of the molecule is CCOc1ccc(C2=NN3C(C2)c2cc(Cl)ccc2OC3c2ccc(C(=O)OC)cc2)cc1. The van der Waals surface area contributed by atoms with Crippen molar-refractivity contribution in [3.8, 4) is 11.5 Å². The molecule has 3 aromatic rings. The third-order valence-electron chi connectivity index (χ3n) is 5.87. The van der Waals surface area contributed by atoms with E-state index in [4.69, 9.17) is 30.9 Å². The van der Waals surface area contributed by atoms with Gasteiger partial charge in [-0.05, 0) is 67.1 Å². The molecule has 2 aliphatic rings. The molecule has 3 aromatic carbocycles. The van der Waals surface area contributed by atoms with Gasteiger partial charge in [0.15, 0.2) is 0 Å². The van der Waals surface area contributed by atoms with Crippen molar-refractivity contribution in [1.29, 1.82) is 0 Å². The normalized spacial score (nSPS) is 18.6. The summed E-state index contributed by atoms with van der Waals surface area (Å²) >= 11 is 6.31. The number of rotatable bonds is 5. The molecule has 0 aliphatic carbocycles. The van der Waals surface area contributed by atoms with Crippen molar-refractivity contribution in [2.45, 2.75) is 25.6 Å². The van der Waals surface area contributed by atoms with E-state index in [9.17, 15) is 4.79 Å². The number of carbonyl (C=O) groups excluding carboxylic acids is 1. The number of fused-ring (bicyclic) bond motifs is 3. The van der Waals surface area contributed by atoms with Crippen molar-refractivity contribution >= 4 is 23.3 Å². The molecule has 7 heteroatoms. The van der Waals surface area contributed by atoms with Gasteiger partial charge in [0, 0.05) is 22.6 Å². The number of nitrogens with zero attached hydrogens (tertiary/aromatic N) is 2. The minimum Gasteiger partial charge on any atom is -0.494 e. The van der Waals surface area contributed by atoms with Crippen molar-refractivity contribution in [2.24, 2.45) is 5.10 Å². The predicted molar refractivity (Wildman–Crippen MR) is 126 cm³/mol. The summed E-state index contributed by atoms with van der Waals surface area (Å²) in [5, 5.41) is 7.61. The number of hydrogen-bond acceptors (Lipinski definition) is 6. The second kappa shape index (κ2) is 8.79. The van der Waals surface area contributed by atoms with E-state index >= 15 is 0 Å². The lowest BCUT2D eigenvalue weighted by atomic mass is 9.95. The van der Waals surface area contributed by atoms with Crippen LogP contribution in [-0.2, 0) is 4.74 Å². The molecule has 2 aliphatic heterocycles. The summed E-state index contributed by atoms with van der Waals surface area (Å²) in [6, 6.07) is 20.9. The molecule has 168 valence electrons. The van der Waals surface area contributed by atoms with Crippen molar-refractivity contribution < 1.29 is 19.0 Å². The highest BCUT2D eigenvalue weighted by molar-refractivity contribution is 6.30. The summed E-state index contributed by atoms with van der Waals surface area (Å²) in [6.07, 6.45) is 0.289. The molecule has 0 radical (unpaired) electrons. The van der Waals surface area contributed by atoms with Crippen LogP contribution in [0.3, 0.4) is 0 Å². The first kappa shape index (κ1) is 21.3. The molecule has 2 unspecified atom stereocenters. The Bertz CT molecular complexity index is 1210. The number of esters is 1. The second-order valence-electron chi connectivity index (χ2n) is 7.87. The summed E-state index contributed by atoms with van der Waals surface area (Å²) in [5.74, 6) is 1.24. The molecule has 0 amide bonds. The molecular formula is C26H23ClN2O4. The average molecular weight is 463 g/mol. The second-order valence-corrected chi connectivity index (χ2v) is 8.31. The van der Waals surface area contributed by atoms with E-state index in [1.165, 1.54) is 7.11 Å². The van der Waals surface area contributed by atoms with Crippen molar-refractivity contribution in [2.75, 3.05) is 13.7 Å². The average Bonchev–Trinajstić information content (AvgIpc) is 3.30. The number of ether oxygens (including phenoxy) is 3. The van der Waals surface area contributed by atoms with Crippen molar-refractivity contribution in [3.05, 3.63) is 94.0 Å². The fraction of sp³-hybridized carbons (Fsp3) is 0.231. The lowest BCUT2D eigenvalue weighted by Crippen LogP contribution is -2.33. The molecule has 0 aromatic heterocycles. The number of benzene rings is 3. The van der Waals surface area contributed by atoms with Gasteiger partial charge in [-0.1, -0.05) is 23.7 Å². The van der Waals surface area contributed by atoms with E-state index in [2.05, 4.69) is 0 Å². The summed E-state index contributed by atoms with van der Waals surface area (Å²) in [6.45, 7) is 2.59. The summed E-state index contributed by atoms with van der Waals surface area (Å²) in [4.78, 5) is 11.8. The lowest BCUT2D eigenvalue weighted by Gasteiger charge is -2.38. The third kappa shape index (κ3) is 4.02. The number of hydrogen-bond donors (Lipinski definition) is 0. The Balaban J connectivity index is 1.51. The topological polar surface area (TPSA) is 60.4 Å².